The second kappa shape index (κ2) is 9.68. The Morgan fingerprint density at radius 1 is 1.29 bits per heavy atom. The zero-order valence-electron chi connectivity index (χ0n) is 18.3. The zero-order chi connectivity index (χ0) is 24.1. The summed E-state index contributed by atoms with van der Waals surface area (Å²) in [5.41, 5.74) is 10.1. The van der Waals surface area contributed by atoms with Crippen molar-refractivity contribution in [1.82, 2.24) is 30.7 Å². The maximum Gasteiger partial charge on any atom is 0.293 e. The van der Waals surface area contributed by atoms with E-state index in [4.69, 9.17) is 10.5 Å². The van der Waals surface area contributed by atoms with Crippen LogP contribution in [0.5, 0.6) is 11.5 Å². The highest BCUT2D eigenvalue weighted by Gasteiger charge is 2.25. The number of methoxy groups -OCH3 is 1. The van der Waals surface area contributed by atoms with E-state index in [2.05, 4.69) is 35.8 Å². The van der Waals surface area contributed by atoms with Crippen molar-refractivity contribution in [1.29, 1.82) is 0 Å². The minimum absolute atomic E-state index is 0.00203. The Kier molecular flexibility index (Phi) is 6.34. The lowest BCUT2D eigenvalue weighted by atomic mass is 10.2. The van der Waals surface area contributed by atoms with Crippen molar-refractivity contribution < 1.29 is 19.3 Å². The molecule has 2 aromatic carbocycles. The van der Waals surface area contributed by atoms with Crippen LogP contribution in [0.2, 0.25) is 0 Å². The van der Waals surface area contributed by atoms with Crippen LogP contribution in [0, 0.1) is 0 Å². The fourth-order valence-electron chi connectivity index (χ4n) is 3.13. The van der Waals surface area contributed by atoms with Gasteiger partial charge in [-0.15, -0.1) is 5.10 Å². The molecule has 0 fully saturated rings. The number of phenolic OH excluding ortho intramolecular Hbond substituents is 1. The first kappa shape index (κ1) is 22.3. The molecule has 34 heavy (non-hydrogen) atoms. The smallest absolute Gasteiger partial charge is 0.293 e. The molecule has 174 valence electrons. The molecule has 0 saturated carbocycles. The van der Waals surface area contributed by atoms with E-state index in [-0.39, 0.29) is 29.6 Å². The first-order valence-electron chi connectivity index (χ1n) is 9.97. The highest BCUT2D eigenvalue weighted by atomic mass is 16.6. The molecule has 0 atom stereocenters. The van der Waals surface area contributed by atoms with E-state index in [0.29, 0.717) is 17.0 Å². The molecule has 0 unspecified atom stereocenters. The summed E-state index contributed by atoms with van der Waals surface area (Å²) >= 11 is 0. The Hall–Kier alpha value is -4.94. The molecule has 2 heterocycles. The Morgan fingerprint density at radius 2 is 2.09 bits per heavy atom. The van der Waals surface area contributed by atoms with E-state index in [9.17, 15) is 9.90 Å². The minimum Gasteiger partial charge on any atom is -0.504 e. The topological polar surface area (TPSA) is 170 Å². The van der Waals surface area contributed by atoms with Gasteiger partial charge in [0, 0.05) is 12.7 Å². The summed E-state index contributed by atoms with van der Waals surface area (Å²) in [6, 6.07) is 14.3. The SMILES string of the molecule is COc1ccc(C=NNC(=O)c2nnn(-c3nonc3N)c2CN(C)c2ccccc2)cc1O. The minimum atomic E-state index is -0.605. The molecule has 4 rings (SSSR count). The normalized spacial score (nSPS) is 11.0. The molecule has 4 aromatic rings. The number of nitrogens with two attached hydrogens (primary N) is 1. The molecule has 13 nitrogen and oxygen atoms in total. The first-order valence-corrected chi connectivity index (χ1v) is 9.97. The fraction of sp³-hybridized carbons (Fsp3) is 0.143. The van der Waals surface area contributed by atoms with Crippen LogP contribution in [0.3, 0.4) is 0 Å². The van der Waals surface area contributed by atoms with Crippen LogP contribution in [-0.2, 0) is 6.54 Å². The lowest BCUT2D eigenvalue weighted by Crippen LogP contribution is -2.24. The van der Waals surface area contributed by atoms with Gasteiger partial charge in [-0.05, 0) is 46.2 Å². The van der Waals surface area contributed by atoms with E-state index < -0.39 is 5.91 Å². The van der Waals surface area contributed by atoms with E-state index >= 15 is 0 Å². The van der Waals surface area contributed by atoms with Gasteiger partial charge in [0.1, 0.15) is 0 Å². The van der Waals surface area contributed by atoms with Gasteiger partial charge in [-0.1, -0.05) is 23.4 Å². The van der Waals surface area contributed by atoms with Gasteiger partial charge in [0.05, 0.1) is 25.6 Å². The van der Waals surface area contributed by atoms with Crippen molar-refractivity contribution in [3.63, 3.8) is 0 Å². The maximum atomic E-state index is 12.9. The van der Waals surface area contributed by atoms with Gasteiger partial charge in [-0.3, -0.25) is 4.79 Å². The molecule has 0 aliphatic carbocycles. The number of phenols is 1. The fourth-order valence-corrected chi connectivity index (χ4v) is 3.13. The second-order valence-electron chi connectivity index (χ2n) is 7.09. The number of carbonyl (C=O) groups is 1. The first-order chi connectivity index (χ1) is 16.5. The van der Waals surface area contributed by atoms with Crippen LogP contribution in [0.25, 0.3) is 5.82 Å². The number of nitrogens with zero attached hydrogens (tertiary/aromatic N) is 7. The third-order valence-electron chi connectivity index (χ3n) is 4.84. The predicted octanol–water partition coefficient (Wildman–Crippen LogP) is 1.35. The van der Waals surface area contributed by atoms with Gasteiger partial charge in [-0.2, -0.15) is 9.78 Å². The van der Waals surface area contributed by atoms with Crippen molar-refractivity contribution in [2.24, 2.45) is 5.10 Å². The summed E-state index contributed by atoms with van der Waals surface area (Å²) in [5, 5.41) is 29.2. The molecule has 4 N–H and O–H groups in total. The molecule has 1 amide bonds. The third-order valence-corrected chi connectivity index (χ3v) is 4.84. The number of rotatable bonds is 8. The van der Waals surface area contributed by atoms with Crippen molar-refractivity contribution in [2.75, 3.05) is 24.8 Å². The Balaban J connectivity index is 1.59. The van der Waals surface area contributed by atoms with Gasteiger partial charge in [-0.25, -0.2) is 10.1 Å². The largest absolute Gasteiger partial charge is 0.504 e. The molecular formula is C21H21N9O4. The van der Waals surface area contributed by atoms with Crippen molar-refractivity contribution in [3.05, 3.63) is 65.5 Å². The standard InChI is InChI=1S/C21H21N9O4/c1-29(14-6-4-3-5-7-14)12-15-18(24-28-30(15)20-19(22)26-34-27-20)21(32)25-23-11-13-8-9-17(33-2)16(31)10-13/h3-11,31H,12H2,1-2H3,(H2,22,26)(H,25,32). The molecule has 0 bridgehead atoms. The third kappa shape index (κ3) is 4.62. The van der Waals surface area contributed by atoms with Gasteiger partial charge in [0.15, 0.2) is 17.2 Å². The number of nitrogen functional groups attached to an aromatic ring is 1. The van der Waals surface area contributed by atoms with Crippen LogP contribution in [0.1, 0.15) is 21.7 Å². The van der Waals surface area contributed by atoms with Crippen LogP contribution in [-0.4, -0.2) is 56.7 Å². The summed E-state index contributed by atoms with van der Waals surface area (Å²) < 4.78 is 11.0. The summed E-state index contributed by atoms with van der Waals surface area (Å²) in [6.45, 7) is 0.238. The van der Waals surface area contributed by atoms with E-state index in [1.165, 1.54) is 24.1 Å². The number of anilines is 2. The number of benzene rings is 2. The number of hydrazone groups is 1. The number of aromatic nitrogens is 5. The average Bonchev–Trinajstić information content (AvgIpc) is 3.45. The number of nitrogens with one attached hydrogen (secondary N) is 1. The summed E-state index contributed by atoms with van der Waals surface area (Å²) in [5.74, 6) is -0.220. The predicted molar refractivity (Wildman–Crippen MR) is 122 cm³/mol. The molecule has 0 radical (unpaired) electrons. The van der Waals surface area contributed by atoms with Crippen LogP contribution in [0.4, 0.5) is 11.5 Å². The molecule has 2 aromatic heterocycles. The number of carbonyl (C=O) groups excluding carboxylic acids is 1. The van der Waals surface area contributed by atoms with Crippen molar-refractivity contribution in [3.8, 4) is 17.3 Å². The zero-order valence-corrected chi connectivity index (χ0v) is 18.3. The highest BCUT2D eigenvalue weighted by molar-refractivity contribution is 5.94. The van der Waals surface area contributed by atoms with Gasteiger partial charge < -0.3 is 20.5 Å². The Labute approximate surface area is 193 Å². The van der Waals surface area contributed by atoms with Crippen LogP contribution < -0.4 is 20.8 Å². The summed E-state index contributed by atoms with van der Waals surface area (Å²) in [6.07, 6.45) is 1.37. The Morgan fingerprint density at radius 3 is 2.76 bits per heavy atom. The van der Waals surface area contributed by atoms with Gasteiger partial charge >= 0.3 is 0 Å². The number of hydrogen-bond acceptors (Lipinski definition) is 11. The number of amides is 1. The molecular weight excluding hydrogens is 442 g/mol. The van der Waals surface area contributed by atoms with Crippen molar-refractivity contribution >= 4 is 23.6 Å². The van der Waals surface area contributed by atoms with Crippen LogP contribution in [0.15, 0.2) is 58.3 Å². The number of aromatic hydroxyl groups is 1. The summed E-state index contributed by atoms with van der Waals surface area (Å²) in [4.78, 5) is 14.8. The molecule has 13 heteroatoms. The van der Waals surface area contributed by atoms with E-state index in [1.807, 2.05) is 42.3 Å². The monoisotopic (exact) mass is 463 g/mol. The average molecular weight is 463 g/mol. The van der Waals surface area contributed by atoms with E-state index in [0.717, 1.165) is 5.69 Å². The quantitative estimate of drug-likeness (QED) is 0.256. The lowest BCUT2D eigenvalue weighted by Gasteiger charge is -2.19. The summed E-state index contributed by atoms with van der Waals surface area (Å²) in [7, 11) is 3.30. The Bertz CT molecular complexity index is 1320. The lowest BCUT2D eigenvalue weighted by molar-refractivity contribution is 0.0949. The highest BCUT2D eigenvalue weighted by Crippen LogP contribution is 2.25. The van der Waals surface area contributed by atoms with Crippen molar-refractivity contribution in [2.45, 2.75) is 6.54 Å². The number of hydrogen-bond donors (Lipinski definition) is 3. The molecule has 0 aliphatic heterocycles. The second-order valence-corrected chi connectivity index (χ2v) is 7.09. The van der Waals surface area contributed by atoms with E-state index in [1.54, 1.807) is 12.1 Å². The number of para-hydroxylation sites is 1. The van der Waals surface area contributed by atoms with Gasteiger partial charge in [0.2, 0.25) is 11.6 Å². The molecule has 0 aliphatic rings. The van der Waals surface area contributed by atoms with Crippen LogP contribution >= 0.6 is 0 Å². The van der Waals surface area contributed by atoms with Gasteiger partial charge in [0.25, 0.3) is 5.91 Å². The molecule has 0 spiro atoms. The number of ether oxygens (including phenoxy) is 1. The maximum absolute atomic E-state index is 12.9. The molecule has 0 saturated heterocycles.